The summed E-state index contributed by atoms with van der Waals surface area (Å²) in [7, 11) is 0. The van der Waals surface area contributed by atoms with E-state index in [9.17, 15) is 25.1 Å². The second-order valence-electron chi connectivity index (χ2n) is 7.44. The van der Waals surface area contributed by atoms with Crippen molar-refractivity contribution in [3.8, 4) is 5.75 Å². The van der Waals surface area contributed by atoms with Crippen molar-refractivity contribution >= 4 is 35.1 Å². The first-order chi connectivity index (χ1) is 15.5. The van der Waals surface area contributed by atoms with Gasteiger partial charge in [-0.25, -0.2) is 4.98 Å². The highest BCUT2D eigenvalue weighted by Gasteiger charge is 2.31. The molecule has 0 saturated carbocycles. The maximum Gasteiger partial charge on any atom is 0.331 e. The van der Waals surface area contributed by atoms with Gasteiger partial charge in [-0.05, 0) is 12.1 Å². The minimum absolute atomic E-state index is 0.0666. The Balaban J connectivity index is 1.56. The number of benzene rings is 1. The summed E-state index contributed by atoms with van der Waals surface area (Å²) in [5.41, 5.74) is -0.198. The van der Waals surface area contributed by atoms with Crippen LogP contribution < -0.4 is 14.9 Å². The number of nitro groups is 1. The minimum Gasteiger partial charge on any atom is -0.850 e. The van der Waals surface area contributed by atoms with Gasteiger partial charge >= 0.3 is 5.69 Å². The third-order valence-corrected chi connectivity index (χ3v) is 6.48. The van der Waals surface area contributed by atoms with Gasteiger partial charge in [-0.15, -0.1) is 0 Å². The number of carbonyl (C=O) groups is 1. The number of aromatic nitrogens is 2. The largest absolute Gasteiger partial charge is 0.850 e. The molecule has 12 heteroatoms. The standard InChI is InChI=1S/C20H23N6O5S/c27-13-15-17(26(30)31)18(23-9-11-32-12-10-23)22-20(21-15)25-7-5-24(6-8-25)19(29)14-3-1-2-4-16(14)28/h1-4,28H,5-13H2/q-1. The zero-order valence-electron chi connectivity index (χ0n) is 17.3. The molecule has 0 bridgehead atoms. The Labute approximate surface area is 188 Å². The number of piperazine rings is 1. The maximum atomic E-state index is 12.7. The van der Waals surface area contributed by atoms with Crippen molar-refractivity contribution in [2.24, 2.45) is 0 Å². The molecule has 2 saturated heterocycles. The van der Waals surface area contributed by atoms with Gasteiger partial charge in [0.15, 0.2) is 0 Å². The summed E-state index contributed by atoms with van der Waals surface area (Å²) < 4.78 is 0. The van der Waals surface area contributed by atoms with Crippen molar-refractivity contribution in [3.05, 3.63) is 45.6 Å². The lowest BCUT2D eigenvalue weighted by Gasteiger charge is -2.35. The van der Waals surface area contributed by atoms with Gasteiger partial charge in [0.25, 0.3) is 5.91 Å². The molecule has 11 nitrogen and oxygen atoms in total. The average molecular weight is 460 g/mol. The van der Waals surface area contributed by atoms with Gasteiger partial charge in [-0.2, -0.15) is 16.7 Å². The third-order valence-electron chi connectivity index (χ3n) is 5.54. The van der Waals surface area contributed by atoms with E-state index in [2.05, 4.69) is 9.97 Å². The second kappa shape index (κ2) is 9.57. The van der Waals surface area contributed by atoms with E-state index in [1.807, 2.05) is 9.80 Å². The van der Waals surface area contributed by atoms with E-state index >= 15 is 0 Å². The number of aromatic hydroxyl groups is 1. The average Bonchev–Trinajstić information content (AvgIpc) is 2.83. The molecule has 0 spiro atoms. The molecule has 32 heavy (non-hydrogen) atoms. The van der Waals surface area contributed by atoms with Crippen LogP contribution in [-0.2, 0) is 6.61 Å². The fraction of sp³-hybridized carbons (Fsp3) is 0.450. The van der Waals surface area contributed by atoms with Gasteiger partial charge in [0.05, 0.1) is 10.5 Å². The predicted molar refractivity (Wildman–Crippen MR) is 118 cm³/mol. The quantitative estimate of drug-likeness (QED) is 0.496. The normalized spacial score (nSPS) is 16.8. The highest BCUT2D eigenvalue weighted by molar-refractivity contribution is 7.99. The number of rotatable bonds is 5. The summed E-state index contributed by atoms with van der Waals surface area (Å²) in [5.74, 6) is 1.79. The molecular weight excluding hydrogens is 436 g/mol. The number of carbonyl (C=O) groups excluding carboxylic acids is 1. The lowest BCUT2D eigenvalue weighted by Crippen LogP contribution is -2.49. The molecule has 3 heterocycles. The van der Waals surface area contributed by atoms with Gasteiger partial charge in [-0.1, -0.05) is 18.7 Å². The Morgan fingerprint density at radius 1 is 1.06 bits per heavy atom. The summed E-state index contributed by atoms with van der Waals surface area (Å²) in [4.78, 5) is 37.9. The zero-order valence-corrected chi connectivity index (χ0v) is 18.2. The van der Waals surface area contributed by atoms with Crippen molar-refractivity contribution in [3.63, 3.8) is 0 Å². The summed E-state index contributed by atoms with van der Waals surface area (Å²) >= 11 is 1.77. The number of hydrogen-bond acceptors (Lipinski definition) is 10. The van der Waals surface area contributed by atoms with Crippen molar-refractivity contribution in [1.82, 2.24) is 14.9 Å². The van der Waals surface area contributed by atoms with Crippen LogP contribution in [0.1, 0.15) is 16.1 Å². The third kappa shape index (κ3) is 4.41. The Kier molecular flexibility index (Phi) is 6.61. The van der Waals surface area contributed by atoms with E-state index in [-0.39, 0.29) is 40.4 Å². The molecule has 2 fully saturated rings. The Morgan fingerprint density at radius 2 is 1.75 bits per heavy atom. The zero-order chi connectivity index (χ0) is 22.7. The van der Waals surface area contributed by atoms with Gasteiger partial charge in [0.2, 0.25) is 11.8 Å². The molecule has 1 amide bonds. The van der Waals surface area contributed by atoms with Crippen LogP contribution >= 0.6 is 11.8 Å². The van der Waals surface area contributed by atoms with E-state index in [1.165, 1.54) is 6.07 Å². The van der Waals surface area contributed by atoms with E-state index in [0.29, 0.717) is 39.3 Å². The first-order valence-corrected chi connectivity index (χ1v) is 11.4. The molecule has 1 aromatic carbocycles. The number of para-hydroxylation sites is 1. The molecule has 2 aliphatic heterocycles. The molecule has 1 aromatic heterocycles. The smallest absolute Gasteiger partial charge is 0.331 e. The fourth-order valence-corrected chi connectivity index (χ4v) is 4.74. The molecule has 2 aromatic rings. The highest BCUT2D eigenvalue weighted by atomic mass is 32.2. The number of hydrogen-bond donors (Lipinski definition) is 1. The SMILES string of the molecule is O=C(c1ccccc1O)N1CCN(c2nc(C[O-])c([N+](=O)[O-])c(N3CCSCC3)n2)CC1. The first kappa shape index (κ1) is 22.1. The number of thioether (sulfide) groups is 1. The molecule has 0 radical (unpaired) electrons. The lowest BCUT2D eigenvalue weighted by molar-refractivity contribution is -0.403. The summed E-state index contributed by atoms with van der Waals surface area (Å²) in [6, 6.07) is 6.40. The van der Waals surface area contributed by atoms with Gasteiger partial charge in [-0.3, -0.25) is 14.9 Å². The molecule has 4 rings (SSSR count). The first-order valence-electron chi connectivity index (χ1n) is 10.3. The number of anilines is 2. The minimum atomic E-state index is -0.812. The van der Waals surface area contributed by atoms with Crippen LogP contribution in [-0.4, -0.2) is 81.6 Å². The predicted octanol–water partition coefficient (Wildman–Crippen LogP) is 0.466. The molecule has 170 valence electrons. The molecular formula is C20H23N6O5S-. The van der Waals surface area contributed by atoms with Crippen LogP contribution in [0.15, 0.2) is 24.3 Å². The number of nitrogens with zero attached hydrogens (tertiary/aromatic N) is 6. The van der Waals surface area contributed by atoms with Crippen molar-refractivity contribution in [1.29, 1.82) is 0 Å². The topological polar surface area (TPSA) is 139 Å². The monoisotopic (exact) mass is 459 g/mol. The Hall–Kier alpha value is -3.12. The van der Waals surface area contributed by atoms with Crippen LogP contribution in [0.5, 0.6) is 5.75 Å². The fourth-order valence-electron chi connectivity index (χ4n) is 3.83. The highest BCUT2D eigenvalue weighted by Crippen LogP contribution is 2.33. The maximum absolute atomic E-state index is 12.7. The molecule has 2 aliphatic rings. The van der Waals surface area contributed by atoms with E-state index in [1.54, 1.807) is 34.9 Å². The van der Waals surface area contributed by atoms with Crippen LogP contribution in [0, 0.1) is 10.1 Å². The summed E-state index contributed by atoms with van der Waals surface area (Å²) in [5, 5.41) is 33.4. The van der Waals surface area contributed by atoms with Crippen LogP contribution in [0.3, 0.4) is 0 Å². The van der Waals surface area contributed by atoms with Gasteiger partial charge < -0.3 is 24.9 Å². The second-order valence-corrected chi connectivity index (χ2v) is 8.66. The van der Waals surface area contributed by atoms with Crippen LogP contribution in [0.4, 0.5) is 17.5 Å². The van der Waals surface area contributed by atoms with E-state index < -0.39 is 11.5 Å². The van der Waals surface area contributed by atoms with Gasteiger partial charge in [0.1, 0.15) is 11.4 Å². The van der Waals surface area contributed by atoms with Crippen LogP contribution in [0.2, 0.25) is 0 Å². The molecule has 0 aliphatic carbocycles. The molecule has 1 N–H and O–H groups in total. The van der Waals surface area contributed by atoms with Gasteiger partial charge in [0, 0.05) is 50.8 Å². The van der Waals surface area contributed by atoms with Crippen molar-refractivity contribution in [2.45, 2.75) is 6.61 Å². The molecule has 0 atom stereocenters. The molecule has 0 unspecified atom stereocenters. The summed E-state index contributed by atoms with van der Waals surface area (Å²) in [6.07, 6.45) is 0. The Morgan fingerprint density at radius 3 is 2.38 bits per heavy atom. The van der Waals surface area contributed by atoms with Crippen molar-refractivity contribution < 1.29 is 19.9 Å². The van der Waals surface area contributed by atoms with E-state index in [4.69, 9.17) is 0 Å². The lowest BCUT2D eigenvalue weighted by atomic mass is 10.1. The number of phenolic OH excluding ortho intramolecular Hbond substituents is 1. The van der Waals surface area contributed by atoms with Crippen LogP contribution in [0.25, 0.3) is 0 Å². The van der Waals surface area contributed by atoms with Crippen molar-refractivity contribution in [2.75, 3.05) is 60.6 Å². The Bertz CT molecular complexity index is 1010. The summed E-state index contributed by atoms with van der Waals surface area (Å²) in [6.45, 7) is 1.97. The number of phenols is 1. The number of amides is 1. The van der Waals surface area contributed by atoms with E-state index in [0.717, 1.165) is 11.5 Å².